The van der Waals surface area contributed by atoms with Crippen molar-refractivity contribution in [2.75, 3.05) is 25.2 Å². The van der Waals surface area contributed by atoms with Crippen molar-refractivity contribution in [3.8, 4) is 0 Å². The molecule has 0 heterocycles. The summed E-state index contributed by atoms with van der Waals surface area (Å²) < 4.78 is 5.39. The van der Waals surface area contributed by atoms with Crippen LogP contribution in [0.5, 0.6) is 0 Å². The van der Waals surface area contributed by atoms with Crippen LogP contribution in [0, 0.1) is 0 Å². The number of nitrogens with one attached hydrogen (secondary N) is 2. The highest BCUT2D eigenvalue weighted by Crippen LogP contribution is 2.26. The summed E-state index contributed by atoms with van der Waals surface area (Å²) in [5.41, 5.74) is 0.707. The van der Waals surface area contributed by atoms with E-state index in [-0.39, 0.29) is 25.1 Å². The summed E-state index contributed by atoms with van der Waals surface area (Å²) in [4.78, 5) is 41.7. The normalized spacial score (nSPS) is 15.8. The predicted molar refractivity (Wildman–Crippen MR) is 149 cm³/mol. The number of nitrogens with zero attached hydrogens (tertiary/aromatic N) is 1. The maximum absolute atomic E-state index is 13.9. The molecule has 0 aromatic heterocycles. The van der Waals surface area contributed by atoms with Crippen LogP contribution in [0.1, 0.15) is 76.5 Å². The summed E-state index contributed by atoms with van der Waals surface area (Å²) in [6.07, 6.45) is 8.31. The summed E-state index contributed by atoms with van der Waals surface area (Å²) in [7, 11) is 0. The van der Waals surface area contributed by atoms with Crippen LogP contribution in [0.15, 0.2) is 30.8 Å². The summed E-state index contributed by atoms with van der Waals surface area (Å²) in [6.45, 7) is 8.68. The fraction of sp³-hybridized carbons (Fsp3) is 0.607. The third-order valence-corrected chi connectivity index (χ3v) is 6.84. The summed E-state index contributed by atoms with van der Waals surface area (Å²) in [5, 5.41) is 15.8. The molecule has 1 aromatic rings. The maximum atomic E-state index is 13.9. The van der Waals surface area contributed by atoms with Crippen molar-refractivity contribution in [1.82, 2.24) is 15.5 Å². The molecule has 3 amide bonds. The molecule has 1 aromatic carbocycles. The lowest BCUT2D eigenvalue weighted by Crippen LogP contribution is -2.54. The number of amides is 3. The quantitative estimate of drug-likeness (QED) is 0.370. The fourth-order valence-electron chi connectivity index (χ4n) is 4.47. The van der Waals surface area contributed by atoms with Crippen molar-refractivity contribution < 1.29 is 24.2 Å². The van der Waals surface area contributed by atoms with Gasteiger partial charge in [-0.3, -0.25) is 9.59 Å². The van der Waals surface area contributed by atoms with Crippen molar-refractivity contribution in [2.24, 2.45) is 0 Å². The van der Waals surface area contributed by atoms with Gasteiger partial charge in [0.25, 0.3) is 0 Å². The Balaban J connectivity index is 2.43. The van der Waals surface area contributed by atoms with E-state index in [4.69, 9.17) is 4.74 Å². The highest BCUT2D eigenvalue weighted by molar-refractivity contribution is 7.98. The molecule has 37 heavy (non-hydrogen) atoms. The molecule has 2 rings (SSSR count). The average Bonchev–Trinajstić information content (AvgIpc) is 2.85. The number of carbonyl (C=O) groups excluding carboxylic acids is 3. The second-order valence-electron chi connectivity index (χ2n) is 10.4. The number of ether oxygens (including phenoxy) is 1. The number of thioether (sulfide) groups is 1. The molecule has 1 fully saturated rings. The number of hydrogen-bond acceptors (Lipinski definition) is 6. The Morgan fingerprint density at radius 2 is 1.95 bits per heavy atom. The summed E-state index contributed by atoms with van der Waals surface area (Å²) >= 11 is 1.55. The van der Waals surface area contributed by atoms with Crippen molar-refractivity contribution >= 4 is 35.7 Å². The first-order chi connectivity index (χ1) is 17.6. The van der Waals surface area contributed by atoms with Gasteiger partial charge in [-0.05, 0) is 69.2 Å². The summed E-state index contributed by atoms with van der Waals surface area (Å²) in [5.74, 6) is -0.123. The van der Waals surface area contributed by atoms with Crippen LogP contribution in [0.4, 0.5) is 4.79 Å². The molecule has 3 N–H and O–H groups in total. The Labute approximate surface area is 225 Å². The monoisotopic (exact) mass is 533 g/mol. The number of aliphatic hydroxyl groups is 1. The first-order valence-electron chi connectivity index (χ1n) is 13.0. The van der Waals surface area contributed by atoms with E-state index in [1.807, 2.05) is 24.5 Å². The lowest BCUT2D eigenvalue weighted by Gasteiger charge is -2.35. The van der Waals surface area contributed by atoms with Crippen LogP contribution in [0.25, 0.3) is 6.08 Å². The van der Waals surface area contributed by atoms with E-state index >= 15 is 0 Å². The van der Waals surface area contributed by atoms with E-state index in [0.717, 1.165) is 37.7 Å². The Morgan fingerprint density at radius 3 is 2.54 bits per heavy atom. The third kappa shape index (κ3) is 10.0. The van der Waals surface area contributed by atoms with Crippen molar-refractivity contribution in [3.05, 3.63) is 42.0 Å². The fourth-order valence-corrected chi connectivity index (χ4v) is 4.94. The number of alkyl carbamates (subject to hydrolysis) is 1. The molecule has 0 aliphatic heterocycles. The highest BCUT2D eigenvalue weighted by atomic mass is 32.2. The van der Waals surface area contributed by atoms with Crippen LogP contribution in [0.2, 0.25) is 0 Å². The van der Waals surface area contributed by atoms with Gasteiger partial charge in [0, 0.05) is 12.6 Å². The largest absolute Gasteiger partial charge is 0.444 e. The van der Waals surface area contributed by atoms with E-state index in [1.54, 1.807) is 44.7 Å². The number of aliphatic hydroxyl groups excluding tert-OH is 1. The molecule has 1 saturated carbocycles. The van der Waals surface area contributed by atoms with Crippen LogP contribution >= 0.6 is 11.8 Å². The van der Waals surface area contributed by atoms with E-state index in [0.29, 0.717) is 17.7 Å². The molecule has 0 radical (unpaired) electrons. The van der Waals surface area contributed by atoms with Gasteiger partial charge >= 0.3 is 6.09 Å². The van der Waals surface area contributed by atoms with E-state index in [1.165, 1.54) is 4.90 Å². The third-order valence-electron chi connectivity index (χ3n) is 6.20. The van der Waals surface area contributed by atoms with Gasteiger partial charge in [0.05, 0.1) is 6.61 Å². The summed E-state index contributed by atoms with van der Waals surface area (Å²) in [6, 6.07) is 5.47. The molecule has 8 nitrogen and oxygen atoms in total. The molecule has 2 unspecified atom stereocenters. The molecule has 0 bridgehead atoms. The van der Waals surface area contributed by atoms with Gasteiger partial charge in [-0.15, -0.1) is 0 Å². The van der Waals surface area contributed by atoms with Crippen LogP contribution in [-0.4, -0.2) is 70.8 Å². The van der Waals surface area contributed by atoms with Gasteiger partial charge in [-0.25, -0.2) is 4.79 Å². The molecule has 206 valence electrons. The molecule has 9 heteroatoms. The van der Waals surface area contributed by atoms with Crippen LogP contribution < -0.4 is 10.6 Å². The number of benzene rings is 1. The number of rotatable bonds is 12. The molecule has 0 saturated heterocycles. The highest BCUT2D eigenvalue weighted by Gasteiger charge is 2.36. The van der Waals surface area contributed by atoms with E-state index < -0.39 is 29.7 Å². The Kier molecular flexibility index (Phi) is 12.5. The van der Waals surface area contributed by atoms with Gasteiger partial charge in [-0.1, -0.05) is 50.1 Å². The standard InChI is InChI=1S/C28H43N3O5S/c1-6-20-11-10-12-21(19-20)24(25(33)29-22-13-8-7-9-14-22)31(16-17-32)26(34)23(15-18-37-5)30-27(35)36-28(2,3)4/h6,10-12,19,22-24,32H,1,7-9,13-18H2,2-5H3,(H,29,33)(H,30,35). The van der Waals surface area contributed by atoms with Crippen molar-refractivity contribution in [2.45, 2.75) is 83.0 Å². The second kappa shape index (κ2) is 15.0. The second-order valence-corrected chi connectivity index (χ2v) is 11.3. The minimum atomic E-state index is -0.973. The zero-order chi connectivity index (χ0) is 27.4. The number of carbonyl (C=O) groups is 3. The van der Waals surface area contributed by atoms with E-state index in [9.17, 15) is 19.5 Å². The smallest absolute Gasteiger partial charge is 0.408 e. The van der Waals surface area contributed by atoms with Crippen LogP contribution in [0.3, 0.4) is 0 Å². The van der Waals surface area contributed by atoms with Crippen molar-refractivity contribution in [1.29, 1.82) is 0 Å². The zero-order valence-electron chi connectivity index (χ0n) is 22.6. The van der Waals surface area contributed by atoms with Crippen molar-refractivity contribution in [3.63, 3.8) is 0 Å². The average molecular weight is 534 g/mol. The van der Waals surface area contributed by atoms with E-state index in [2.05, 4.69) is 17.2 Å². The maximum Gasteiger partial charge on any atom is 0.408 e. The molecule has 2 atom stereocenters. The molecule has 1 aliphatic carbocycles. The first kappa shape index (κ1) is 30.7. The van der Waals surface area contributed by atoms with Gasteiger partial charge < -0.3 is 25.4 Å². The van der Waals surface area contributed by atoms with Gasteiger partial charge in [-0.2, -0.15) is 11.8 Å². The van der Waals surface area contributed by atoms with Gasteiger partial charge in [0.1, 0.15) is 17.7 Å². The SMILES string of the molecule is C=Cc1cccc(C(C(=O)NC2CCCCC2)N(CCO)C(=O)C(CCSC)NC(=O)OC(C)(C)C)c1. The molecule has 0 spiro atoms. The Bertz CT molecular complexity index is 911. The van der Waals surface area contributed by atoms with Crippen LogP contribution in [-0.2, 0) is 14.3 Å². The molecular formula is C28H43N3O5S. The van der Waals surface area contributed by atoms with Gasteiger partial charge in [0.2, 0.25) is 11.8 Å². The molecular weight excluding hydrogens is 490 g/mol. The zero-order valence-corrected chi connectivity index (χ0v) is 23.4. The predicted octanol–water partition coefficient (Wildman–Crippen LogP) is 4.29. The number of hydrogen-bond donors (Lipinski definition) is 3. The minimum Gasteiger partial charge on any atom is -0.444 e. The Hall–Kier alpha value is -2.52. The lowest BCUT2D eigenvalue weighted by molar-refractivity contribution is -0.143. The molecule has 1 aliphatic rings. The topological polar surface area (TPSA) is 108 Å². The first-order valence-corrected chi connectivity index (χ1v) is 14.4. The lowest BCUT2D eigenvalue weighted by atomic mass is 9.94. The minimum absolute atomic E-state index is 0.0459. The Morgan fingerprint density at radius 1 is 1.24 bits per heavy atom. The van der Waals surface area contributed by atoms with Gasteiger partial charge in [0.15, 0.2) is 0 Å².